The molecule has 3 N–H and O–H groups in total. The summed E-state index contributed by atoms with van der Waals surface area (Å²) in [6.07, 6.45) is 8.20. The standard InChI is InChI=1S/C25H23N.C17H22N2.C4H10.C2H4.CH3N/c1-3-10-19(4-2)20-15-17-22(18-16-20)25(26)24-14-9-8-13-23(24)21-11-6-5-7-12-21;1-13-9-11-14(12-10-13)15-7-6-8-16(18(2)3)17(15)19(4)5;1-3-4-2;2*1-2/h3-18,25H,1-2,26H2;6-12H,1-5H3;3-4H2,1-2H3;1-2H2;2H,1H2/b19-10+;;;;. The Balaban J connectivity index is 0.000000457. The molecule has 0 aromatic heterocycles. The summed E-state index contributed by atoms with van der Waals surface area (Å²) in [4.78, 5) is 4.34. The quantitative estimate of drug-likeness (QED) is 0.0863. The van der Waals surface area contributed by atoms with Crippen molar-refractivity contribution in [2.24, 2.45) is 5.73 Å². The largest absolute Gasteiger partial charge is 0.376 e. The lowest BCUT2D eigenvalue weighted by molar-refractivity contribution is 0.873. The van der Waals surface area contributed by atoms with Crippen LogP contribution < -0.4 is 15.5 Å². The highest BCUT2D eigenvalue weighted by atomic mass is 15.1. The average molecular weight is 707 g/mol. The van der Waals surface area contributed by atoms with Crippen LogP contribution in [0.4, 0.5) is 11.4 Å². The summed E-state index contributed by atoms with van der Waals surface area (Å²) < 4.78 is 0. The topological polar surface area (TPSA) is 56.4 Å². The molecular weight excluding hydrogens is 645 g/mol. The highest BCUT2D eigenvalue weighted by Crippen LogP contribution is 2.37. The first-order chi connectivity index (χ1) is 25.7. The highest BCUT2D eigenvalue weighted by Gasteiger charge is 2.15. The van der Waals surface area contributed by atoms with Crippen molar-refractivity contribution in [3.05, 3.63) is 188 Å². The van der Waals surface area contributed by atoms with Crippen LogP contribution in [-0.2, 0) is 0 Å². The predicted molar refractivity (Wildman–Crippen MR) is 240 cm³/mol. The molecule has 0 aliphatic carbocycles. The van der Waals surface area contributed by atoms with Crippen LogP contribution in [-0.4, -0.2) is 34.9 Å². The molecule has 0 aliphatic heterocycles. The molecular formula is C49H62N4. The summed E-state index contributed by atoms with van der Waals surface area (Å²) >= 11 is 0. The lowest BCUT2D eigenvalue weighted by Crippen LogP contribution is -2.17. The third-order valence-electron chi connectivity index (χ3n) is 8.31. The summed E-state index contributed by atoms with van der Waals surface area (Å²) in [6, 6.07) is 42.0. The predicted octanol–water partition coefficient (Wildman–Crippen LogP) is 12.8. The molecule has 0 bridgehead atoms. The van der Waals surface area contributed by atoms with Crippen molar-refractivity contribution in [1.82, 2.24) is 0 Å². The van der Waals surface area contributed by atoms with Gasteiger partial charge in [0.2, 0.25) is 0 Å². The Labute approximate surface area is 321 Å². The maximum absolute atomic E-state index is 6.62. The van der Waals surface area contributed by atoms with Crippen LogP contribution in [0.3, 0.4) is 0 Å². The SMILES string of the molecule is C=C.C=C/C=C(\C=C)c1ccc(C(N)c2ccccc2-c2ccccc2)cc1.C=N.CCCC.Cc1ccc(-c2cccc(N(C)C)c2N(C)C)cc1. The number of nitrogens with one attached hydrogen (secondary N) is 1. The lowest BCUT2D eigenvalue weighted by Gasteiger charge is -2.25. The molecule has 4 nitrogen and oxygen atoms in total. The van der Waals surface area contributed by atoms with Gasteiger partial charge in [-0.05, 0) is 58.7 Å². The molecule has 278 valence electrons. The first-order valence-corrected chi connectivity index (χ1v) is 18.0. The van der Waals surface area contributed by atoms with Crippen molar-refractivity contribution < 1.29 is 0 Å². The first kappa shape index (κ1) is 45.3. The summed E-state index contributed by atoms with van der Waals surface area (Å²) in [7, 11) is 8.36. The highest BCUT2D eigenvalue weighted by molar-refractivity contribution is 5.88. The molecule has 0 radical (unpaired) electrons. The molecule has 0 saturated heterocycles. The van der Waals surface area contributed by atoms with Crippen LogP contribution in [0.2, 0.25) is 0 Å². The monoisotopic (exact) mass is 706 g/mol. The number of anilines is 2. The number of unbranched alkanes of at least 4 members (excludes halogenated alkanes) is 1. The van der Waals surface area contributed by atoms with Crippen LogP contribution in [0.15, 0.2) is 166 Å². The number of hydrogen-bond donors (Lipinski definition) is 2. The van der Waals surface area contributed by atoms with E-state index in [1.54, 1.807) is 6.08 Å². The third kappa shape index (κ3) is 13.7. The fourth-order valence-electron chi connectivity index (χ4n) is 5.45. The molecule has 0 amide bonds. The molecule has 0 saturated carbocycles. The van der Waals surface area contributed by atoms with Gasteiger partial charge in [-0.3, -0.25) is 0 Å². The molecule has 0 spiro atoms. The Kier molecular flexibility index (Phi) is 21.6. The minimum atomic E-state index is -0.184. The molecule has 0 heterocycles. The minimum Gasteiger partial charge on any atom is -0.376 e. The van der Waals surface area contributed by atoms with Gasteiger partial charge in [-0.2, -0.15) is 0 Å². The minimum absolute atomic E-state index is 0.184. The van der Waals surface area contributed by atoms with Gasteiger partial charge in [-0.1, -0.05) is 179 Å². The van der Waals surface area contributed by atoms with E-state index in [1.165, 1.54) is 52.0 Å². The van der Waals surface area contributed by atoms with E-state index in [2.05, 4.69) is 201 Å². The van der Waals surface area contributed by atoms with Crippen molar-refractivity contribution in [1.29, 1.82) is 5.41 Å². The molecule has 1 unspecified atom stereocenters. The van der Waals surface area contributed by atoms with E-state index >= 15 is 0 Å². The summed E-state index contributed by atoms with van der Waals surface area (Å²) in [6.45, 7) is 22.6. The number of hydrogen-bond acceptors (Lipinski definition) is 4. The first-order valence-electron chi connectivity index (χ1n) is 18.0. The van der Waals surface area contributed by atoms with Gasteiger partial charge in [-0.25, -0.2) is 0 Å². The number of aryl methyl sites for hydroxylation is 1. The van der Waals surface area contributed by atoms with Crippen molar-refractivity contribution in [3.8, 4) is 22.3 Å². The second-order valence-corrected chi connectivity index (χ2v) is 12.4. The molecule has 0 aliphatic rings. The fourth-order valence-corrected chi connectivity index (χ4v) is 5.45. The van der Waals surface area contributed by atoms with Crippen molar-refractivity contribution in [2.45, 2.75) is 39.7 Å². The van der Waals surface area contributed by atoms with Gasteiger partial charge >= 0.3 is 0 Å². The smallest absolute Gasteiger partial charge is 0.0678 e. The van der Waals surface area contributed by atoms with E-state index in [0.29, 0.717) is 0 Å². The van der Waals surface area contributed by atoms with Crippen molar-refractivity contribution in [2.75, 3.05) is 38.0 Å². The Morgan fingerprint density at radius 1 is 0.660 bits per heavy atom. The Hall–Kier alpha value is -5.71. The van der Waals surface area contributed by atoms with Gasteiger partial charge in [0.15, 0.2) is 0 Å². The number of benzene rings is 5. The Bertz CT molecular complexity index is 1800. The number of nitrogens with two attached hydrogens (primary N) is 1. The zero-order valence-corrected chi connectivity index (χ0v) is 33.3. The van der Waals surface area contributed by atoms with E-state index in [-0.39, 0.29) is 6.04 Å². The number of allylic oxidation sites excluding steroid dienone is 4. The molecule has 53 heavy (non-hydrogen) atoms. The van der Waals surface area contributed by atoms with Crippen LogP contribution in [0.25, 0.3) is 27.8 Å². The second-order valence-electron chi connectivity index (χ2n) is 12.4. The van der Waals surface area contributed by atoms with Gasteiger partial charge in [0.05, 0.1) is 17.4 Å². The van der Waals surface area contributed by atoms with Gasteiger partial charge in [0, 0.05) is 33.8 Å². The van der Waals surface area contributed by atoms with Crippen LogP contribution in [0.5, 0.6) is 0 Å². The van der Waals surface area contributed by atoms with Gasteiger partial charge in [0.1, 0.15) is 0 Å². The van der Waals surface area contributed by atoms with Crippen LogP contribution >= 0.6 is 0 Å². The zero-order chi connectivity index (χ0) is 39.8. The Morgan fingerprint density at radius 3 is 1.70 bits per heavy atom. The van der Waals surface area contributed by atoms with Crippen LogP contribution in [0.1, 0.15) is 55.0 Å². The maximum Gasteiger partial charge on any atom is 0.0678 e. The molecule has 1 atom stereocenters. The zero-order valence-electron chi connectivity index (χ0n) is 33.3. The van der Waals surface area contributed by atoms with Crippen LogP contribution in [0, 0.1) is 12.3 Å². The molecule has 4 heteroatoms. The summed E-state index contributed by atoms with van der Waals surface area (Å²) in [5.41, 5.74) is 19.7. The number of nitrogens with zero attached hydrogens (tertiary/aromatic N) is 2. The molecule has 5 aromatic rings. The summed E-state index contributed by atoms with van der Waals surface area (Å²) in [5.74, 6) is 0. The van der Waals surface area contributed by atoms with E-state index in [0.717, 1.165) is 22.3 Å². The molecule has 0 fully saturated rings. The van der Waals surface area contributed by atoms with Crippen molar-refractivity contribution in [3.63, 3.8) is 0 Å². The lowest BCUT2D eigenvalue weighted by atomic mass is 9.91. The average Bonchev–Trinajstić information content (AvgIpc) is 3.22. The van der Waals surface area contributed by atoms with E-state index < -0.39 is 0 Å². The maximum atomic E-state index is 6.62. The van der Waals surface area contributed by atoms with Gasteiger partial charge in [0.25, 0.3) is 0 Å². The van der Waals surface area contributed by atoms with E-state index in [1.807, 2.05) is 24.3 Å². The normalized spacial score (nSPS) is 10.5. The molecule has 5 rings (SSSR count). The Morgan fingerprint density at radius 2 is 1.19 bits per heavy atom. The molecule has 5 aromatic carbocycles. The third-order valence-corrected chi connectivity index (χ3v) is 8.31. The van der Waals surface area contributed by atoms with E-state index in [9.17, 15) is 0 Å². The number of rotatable bonds is 10. The van der Waals surface area contributed by atoms with E-state index in [4.69, 9.17) is 11.1 Å². The fraction of sp³-hybridized carbons (Fsp3) is 0.204. The van der Waals surface area contributed by atoms with Gasteiger partial charge < -0.3 is 20.9 Å². The second kappa shape index (κ2) is 25.3. The summed E-state index contributed by atoms with van der Waals surface area (Å²) in [5, 5.41) is 5.50. The van der Waals surface area contributed by atoms with Crippen molar-refractivity contribution >= 4 is 23.7 Å². The van der Waals surface area contributed by atoms with Gasteiger partial charge in [-0.15, -0.1) is 13.2 Å². The number of para-hydroxylation sites is 1.